The molecule has 0 saturated heterocycles. The molecule has 2 aromatic rings. The second kappa shape index (κ2) is 6.35. The summed E-state index contributed by atoms with van der Waals surface area (Å²) >= 11 is 17.1. The summed E-state index contributed by atoms with van der Waals surface area (Å²) in [4.78, 5) is 18.3. The number of aromatic nitrogens is 1. The molecule has 0 spiro atoms. The summed E-state index contributed by atoms with van der Waals surface area (Å²) in [6.07, 6.45) is 0.848. The number of hydrogen-bond donors (Lipinski definition) is 0. The lowest BCUT2D eigenvalue weighted by atomic mass is 10.0. The van der Waals surface area contributed by atoms with Gasteiger partial charge in [0, 0.05) is 22.6 Å². The second-order valence-corrected chi connectivity index (χ2v) is 7.36. The van der Waals surface area contributed by atoms with Gasteiger partial charge in [-0.2, -0.15) is 0 Å². The highest BCUT2D eigenvalue weighted by molar-refractivity contribution is 9.10. The van der Waals surface area contributed by atoms with E-state index < -0.39 is 5.97 Å². The number of esters is 1. The van der Waals surface area contributed by atoms with Gasteiger partial charge in [-0.05, 0) is 29.7 Å². The van der Waals surface area contributed by atoms with Crippen molar-refractivity contribution in [3.8, 4) is 0 Å². The summed E-state index contributed by atoms with van der Waals surface area (Å²) in [6, 6.07) is 3.84. The van der Waals surface area contributed by atoms with Gasteiger partial charge < -0.3 is 9.64 Å². The molecule has 22 heavy (non-hydrogen) atoms. The van der Waals surface area contributed by atoms with E-state index in [9.17, 15) is 4.79 Å². The van der Waals surface area contributed by atoms with E-state index in [1.807, 2.05) is 12.1 Å². The van der Waals surface area contributed by atoms with E-state index in [1.54, 1.807) is 0 Å². The Morgan fingerprint density at radius 1 is 1.41 bits per heavy atom. The number of nitrogens with zero attached hydrogens (tertiary/aromatic N) is 2. The van der Waals surface area contributed by atoms with E-state index in [1.165, 1.54) is 24.0 Å². The van der Waals surface area contributed by atoms with Crippen molar-refractivity contribution in [1.82, 2.24) is 4.98 Å². The van der Waals surface area contributed by atoms with Crippen LogP contribution in [0.15, 0.2) is 16.6 Å². The molecule has 2 heterocycles. The maximum Gasteiger partial charge on any atom is 0.351 e. The first kappa shape index (κ1) is 16.1. The van der Waals surface area contributed by atoms with Gasteiger partial charge in [0.2, 0.25) is 0 Å². The molecule has 3 rings (SSSR count). The number of hydrogen-bond acceptors (Lipinski definition) is 5. The van der Waals surface area contributed by atoms with Gasteiger partial charge in [0.25, 0.3) is 0 Å². The predicted octanol–water partition coefficient (Wildman–Crippen LogP) is 4.56. The van der Waals surface area contributed by atoms with Crippen LogP contribution in [0.3, 0.4) is 0 Å². The van der Waals surface area contributed by atoms with E-state index in [0.717, 1.165) is 28.0 Å². The maximum atomic E-state index is 11.6. The number of carbonyl (C=O) groups is 1. The minimum Gasteiger partial charge on any atom is -0.465 e. The molecule has 0 atom stereocenters. The highest BCUT2D eigenvalue weighted by Crippen LogP contribution is 2.36. The zero-order chi connectivity index (χ0) is 15.9. The first-order chi connectivity index (χ1) is 10.5. The Balaban J connectivity index is 1.92. The number of benzene rings is 1. The average Bonchev–Trinajstić information content (AvgIpc) is 2.92. The number of carbonyl (C=O) groups excluding carboxylic acids is 1. The van der Waals surface area contributed by atoms with Crippen molar-refractivity contribution in [3.05, 3.63) is 42.8 Å². The first-order valence-electron chi connectivity index (χ1n) is 6.46. The lowest BCUT2D eigenvalue weighted by Crippen LogP contribution is -2.30. The van der Waals surface area contributed by atoms with Crippen molar-refractivity contribution in [1.29, 1.82) is 0 Å². The summed E-state index contributed by atoms with van der Waals surface area (Å²) < 4.78 is 5.78. The van der Waals surface area contributed by atoms with Crippen LogP contribution in [0.25, 0.3) is 0 Å². The molecule has 1 aromatic heterocycles. The molecule has 4 nitrogen and oxygen atoms in total. The number of methoxy groups -OCH3 is 1. The molecule has 116 valence electrons. The smallest absolute Gasteiger partial charge is 0.351 e. The third kappa shape index (κ3) is 2.85. The zero-order valence-electron chi connectivity index (χ0n) is 11.5. The normalized spacial score (nSPS) is 13.9. The molecule has 1 aromatic carbocycles. The summed E-state index contributed by atoms with van der Waals surface area (Å²) in [6.45, 7) is 1.43. The summed E-state index contributed by atoms with van der Waals surface area (Å²) in [5.74, 6) is -0.466. The van der Waals surface area contributed by atoms with Crippen molar-refractivity contribution in [2.24, 2.45) is 0 Å². The number of halogens is 3. The van der Waals surface area contributed by atoms with Crippen LogP contribution in [-0.2, 0) is 17.7 Å². The molecule has 0 radical (unpaired) electrons. The molecule has 0 fully saturated rings. The molecule has 0 saturated carbocycles. The van der Waals surface area contributed by atoms with Gasteiger partial charge in [-0.3, -0.25) is 0 Å². The van der Waals surface area contributed by atoms with Crippen LogP contribution in [0.4, 0.5) is 5.13 Å². The molecule has 8 heteroatoms. The topological polar surface area (TPSA) is 42.4 Å². The second-order valence-electron chi connectivity index (χ2n) is 4.77. The highest BCUT2D eigenvalue weighted by atomic mass is 79.9. The van der Waals surface area contributed by atoms with E-state index in [0.29, 0.717) is 16.6 Å². The molecule has 1 aliphatic heterocycles. The molecule has 0 N–H and O–H groups in total. The van der Waals surface area contributed by atoms with Gasteiger partial charge >= 0.3 is 5.97 Å². The van der Waals surface area contributed by atoms with Crippen molar-refractivity contribution in [2.75, 3.05) is 18.6 Å². The minimum atomic E-state index is -0.466. The molecular formula is C14H11BrCl2N2O2S. The van der Waals surface area contributed by atoms with Gasteiger partial charge in [0.15, 0.2) is 15.2 Å². The van der Waals surface area contributed by atoms with Crippen molar-refractivity contribution < 1.29 is 9.53 Å². The van der Waals surface area contributed by atoms with Crippen LogP contribution in [0.2, 0.25) is 10.2 Å². The van der Waals surface area contributed by atoms with E-state index >= 15 is 0 Å². The van der Waals surface area contributed by atoms with Crippen LogP contribution < -0.4 is 4.90 Å². The Labute approximate surface area is 150 Å². The van der Waals surface area contributed by atoms with E-state index in [-0.39, 0.29) is 5.15 Å². The van der Waals surface area contributed by atoms with Gasteiger partial charge in [0.1, 0.15) is 0 Å². The third-order valence-corrected chi connectivity index (χ3v) is 6.09. The van der Waals surface area contributed by atoms with Gasteiger partial charge in [0.05, 0.1) is 7.11 Å². The molecular weight excluding hydrogens is 411 g/mol. The lowest BCUT2D eigenvalue weighted by molar-refractivity contribution is 0.0606. The maximum absolute atomic E-state index is 11.6. The summed E-state index contributed by atoms with van der Waals surface area (Å²) in [5, 5.41) is 1.61. The van der Waals surface area contributed by atoms with Crippen LogP contribution in [0.5, 0.6) is 0 Å². The summed E-state index contributed by atoms with van der Waals surface area (Å²) in [5.41, 5.74) is 2.30. The monoisotopic (exact) mass is 420 g/mol. The number of thiazole rings is 1. The SMILES string of the molecule is COC(=O)c1sc(N2CCc3c(Br)ccc(Cl)c3C2)nc1Cl. The zero-order valence-corrected chi connectivity index (χ0v) is 15.4. The Kier molecular flexibility index (Phi) is 4.64. The quantitative estimate of drug-likeness (QED) is 0.666. The van der Waals surface area contributed by atoms with Crippen LogP contribution in [0, 0.1) is 0 Å². The van der Waals surface area contributed by atoms with Gasteiger partial charge in [-0.1, -0.05) is 50.5 Å². The lowest BCUT2D eigenvalue weighted by Gasteiger charge is -2.29. The number of fused-ring (bicyclic) bond motifs is 1. The average molecular weight is 422 g/mol. The highest BCUT2D eigenvalue weighted by Gasteiger charge is 2.25. The van der Waals surface area contributed by atoms with Gasteiger partial charge in [-0.15, -0.1) is 0 Å². The Morgan fingerprint density at radius 2 is 2.18 bits per heavy atom. The van der Waals surface area contributed by atoms with Crippen molar-refractivity contribution >= 4 is 61.6 Å². The Morgan fingerprint density at radius 3 is 2.91 bits per heavy atom. The van der Waals surface area contributed by atoms with Gasteiger partial charge in [-0.25, -0.2) is 9.78 Å². The fourth-order valence-electron chi connectivity index (χ4n) is 2.40. The Bertz CT molecular complexity index is 751. The van der Waals surface area contributed by atoms with Crippen LogP contribution >= 0.6 is 50.5 Å². The number of anilines is 1. The minimum absolute atomic E-state index is 0.179. The molecule has 1 aliphatic rings. The Hall–Kier alpha value is -0.820. The summed E-state index contributed by atoms with van der Waals surface area (Å²) in [7, 11) is 1.33. The number of rotatable bonds is 2. The standard InChI is InChI=1S/C14H11BrCl2N2O2S/c1-21-13(20)11-12(17)18-14(22-11)19-5-4-7-8(6-19)10(16)3-2-9(7)15/h2-3H,4-6H2,1H3. The molecule has 0 bridgehead atoms. The van der Waals surface area contributed by atoms with Crippen LogP contribution in [0.1, 0.15) is 20.8 Å². The molecule has 0 amide bonds. The number of ether oxygens (including phenoxy) is 1. The third-order valence-electron chi connectivity index (χ3n) is 3.51. The molecule has 0 unspecified atom stereocenters. The van der Waals surface area contributed by atoms with Crippen molar-refractivity contribution in [3.63, 3.8) is 0 Å². The largest absolute Gasteiger partial charge is 0.465 e. The predicted molar refractivity (Wildman–Crippen MR) is 92.4 cm³/mol. The van der Waals surface area contributed by atoms with Crippen LogP contribution in [-0.4, -0.2) is 24.6 Å². The fraction of sp³-hybridized carbons (Fsp3) is 0.286. The fourth-order valence-corrected chi connectivity index (χ4v) is 4.43. The van der Waals surface area contributed by atoms with E-state index in [2.05, 4.69) is 25.8 Å². The molecule has 0 aliphatic carbocycles. The first-order valence-corrected chi connectivity index (χ1v) is 8.83. The van der Waals surface area contributed by atoms with Crippen molar-refractivity contribution in [2.45, 2.75) is 13.0 Å². The van der Waals surface area contributed by atoms with E-state index in [4.69, 9.17) is 27.9 Å².